The van der Waals surface area contributed by atoms with Crippen molar-refractivity contribution in [3.05, 3.63) is 54.3 Å². The third-order valence-electron chi connectivity index (χ3n) is 2.33. The highest BCUT2D eigenvalue weighted by atomic mass is 32.1. The summed E-state index contributed by atoms with van der Waals surface area (Å²) >= 11 is 4.79. The fourth-order valence-electron chi connectivity index (χ4n) is 1.54. The van der Waals surface area contributed by atoms with Crippen LogP contribution in [-0.4, -0.2) is 5.11 Å². The summed E-state index contributed by atoms with van der Waals surface area (Å²) in [5, 5.41) is 6.00. The minimum Gasteiger partial charge on any atom is -0.376 e. The van der Waals surface area contributed by atoms with Gasteiger partial charge in [0.2, 0.25) is 0 Å². The molecule has 0 atom stereocenters. The van der Waals surface area contributed by atoms with Gasteiger partial charge in [-0.3, -0.25) is 0 Å². The van der Waals surface area contributed by atoms with Gasteiger partial charge in [0.25, 0.3) is 0 Å². The zero-order valence-electron chi connectivity index (χ0n) is 9.48. The molecule has 92 valence electrons. The molecule has 0 saturated carbocycles. The Kier molecular flexibility index (Phi) is 3.74. The maximum absolute atomic E-state index is 13.5. The molecule has 0 heterocycles. The van der Waals surface area contributed by atoms with E-state index in [-0.39, 0.29) is 10.9 Å². The van der Waals surface area contributed by atoms with Gasteiger partial charge in [-0.25, -0.2) is 4.39 Å². The van der Waals surface area contributed by atoms with Crippen LogP contribution >= 0.6 is 12.2 Å². The van der Waals surface area contributed by atoms with Crippen molar-refractivity contribution in [1.29, 1.82) is 0 Å². The summed E-state index contributed by atoms with van der Waals surface area (Å²) in [4.78, 5) is 0. The van der Waals surface area contributed by atoms with Gasteiger partial charge in [0.05, 0.1) is 17.1 Å². The first-order valence-corrected chi connectivity index (χ1v) is 5.74. The molecule has 18 heavy (non-hydrogen) atoms. The predicted octanol–water partition coefficient (Wildman–Crippen LogP) is 3.22. The van der Waals surface area contributed by atoms with E-state index in [0.717, 1.165) is 0 Å². The highest BCUT2D eigenvalue weighted by Gasteiger charge is 2.05. The lowest BCUT2D eigenvalue weighted by Gasteiger charge is -2.13. The third-order valence-corrected chi connectivity index (χ3v) is 2.43. The number of rotatable bonds is 3. The quantitative estimate of drug-likeness (QED) is 0.742. The van der Waals surface area contributed by atoms with E-state index in [0.29, 0.717) is 17.1 Å². The normalized spacial score (nSPS) is 9.83. The average molecular weight is 261 g/mol. The highest BCUT2D eigenvalue weighted by molar-refractivity contribution is 7.80. The zero-order valence-corrected chi connectivity index (χ0v) is 10.3. The summed E-state index contributed by atoms with van der Waals surface area (Å²) < 4.78 is 13.5. The van der Waals surface area contributed by atoms with Crippen LogP contribution in [0.3, 0.4) is 0 Å². The van der Waals surface area contributed by atoms with Gasteiger partial charge < -0.3 is 16.4 Å². The van der Waals surface area contributed by atoms with Crippen molar-refractivity contribution >= 4 is 34.4 Å². The number of para-hydroxylation sites is 3. The second-order valence-corrected chi connectivity index (χ2v) is 4.08. The first kappa shape index (κ1) is 12.3. The summed E-state index contributed by atoms with van der Waals surface area (Å²) in [7, 11) is 0. The molecular formula is C13H12FN3S. The van der Waals surface area contributed by atoms with Gasteiger partial charge in [-0.2, -0.15) is 0 Å². The number of hydrogen-bond donors (Lipinski definition) is 3. The molecule has 0 unspecified atom stereocenters. The van der Waals surface area contributed by atoms with Gasteiger partial charge >= 0.3 is 0 Å². The topological polar surface area (TPSA) is 50.1 Å². The van der Waals surface area contributed by atoms with E-state index < -0.39 is 0 Å². The summed E-state index contributed by atoms with van der Waals surface area (Å²) in [5.74, 6) is -0.317. The Morgan fingerprint density at radius 1 is 0.944 bits per heavy atom. The highest BCUT2D eigenvalue weighted by Crippen LogP contribution is 2.26. The predicted molar refractivity (Wildman–Crippen MR) is 76.5 cm³/mol. The van der Waals surface area contributed by atoms with Crippen LogP contribution in [0.4, 0.5) is 21.5 Å². The van der Waals surface area contributed by atoms with Gasteiger partial charge in [-0.05, 0) is 36.5 Å². The molecule has 0 aromatic heterocycles. The summed E-state index contributed by atoms with van der Waals surface area (Å²) in [6, 6.07) is 13.8. The van der Waals surface area contributed by atoms with Crippen molar-refractivity contribution in [2.75, 3.05) is 10.6 Å². The van der Waals surface area contributed by atoms with Gasteiger partial charge in [0, 0.05) is 0 Å². The van der Waals surface area contributed by atoms with E-state index in [4.69, 9.17) is 18.0 Å². The monoisotopic (exact) mass is 261 g/mol. The van der Waals surface area contributed by atoms with E-state index >= 15 is 0 Å². The van der Waals surface area contributed by atoms with Crippen LogP contribution in [0.1, 0.15) is 0 Å². The van der Waals surface area contributed by atoms with E-state index in [1.165, 1.54) is 6.07 Å². The molecular weight excluding hydrogens is 249 g/mol. The maximum atomic E-state index is 13.5. The largest absolute Gasteiger partial charge is 0.376 e. The number of thiocarbonyl (C=S) groups is 1. The summed E-state index contributed by atoms with van der Waals surface area (Å²) in [6.45, 7) is 0. The van der Waals surface area contributed by atoms with Gasteiger partial charge in [0.1, 0.15) is 5.82 Å². The Morgan fingerprint density at radius 2 is 1.50 bits per heavy atom. The molecule has 0 fully saturated rings. The second-order valence-electron chi connectivity index (χ2n) is 3.64. The molecule has 0 saturated heterocycles. The van der Waals surface area contributed by atoms with Crippen molar-refractivity contribution in [1.82, 2.24) is 0 Å². The maximum Gasteiger partial charge on any atom is 0.168 e. The molecule has 0 amide bonds. The molecule has 0 aliphatic heterocycles. The lowest BCUT2D eigenvalue weighted by atomic mass is 10.2. The average Bonchev–Trinajstić information content (AvgIpc) is 2.34. The SMILES string of the molecule is NC(=S)Nc1ccccc1Nc1ccccc1F. The van der Waals surface area contributed by atoms with Crippen LogP contribution in [0.15, 0.2) is 48.5 Å². The number of nitrogens with two attached hydrogens (primary N) is 1. The molecule has 5 heteroatoms. The molecule has 2 aromatic rings. The number of hydrogen-bond acceptors (Lipinski definition) is 2. The molecule has 0 aliphatic carbocycles. The molecule has 0 radical (unpaired) electrons. The molecule has 0 spiro atoms. The Labute approximate surface area is 110 Å². The minimum absolute atomic E-state index is 0.165. The van der Waals surface area contributed by atoms with Gasteiger partial charge in [0.15, 0.2) is 5.11 Å². The Balaban J connectivity index is 2.29. The molecule has 0 aliphatic rings. The zero-order chi connectivity index (χ0) is 13.0. The molecule has 4 N–H and O–H groups in total. The second kappa shape index (κ2) is 5.46. The van der Waals surface area contributed by atoms with E-state index in [9.17, 15) is 4.39 Å². The van der Waals surface area contributed by atoms with Crippen LogP contribution in [0.25, 0.3) is 0 Å². The van der Waals surface area contributed by atoms with Crippen LogP contribution in [-0.2, 0) is 0 Å². The summed E-state index contributed by atoms with van der Waals surface area (Å²) in [5.41, 5.74) is 7.24. The van der Waals surface area contributed by atoms with Crippen LogP contribution in [0.5, 0.6) is 0 Å². The lowest BCUT2D eigenvalue weighted by molar-refractivity contribution is 0.632. The third kappa shape index (κ3) is 2.95. The van der Waals surface area contributed by atoms with Crippen molar-refractivity contribution in [2.24, 2.45) is 5.73 Å². The van der Waals surface area contributed by atoms with Crippen molar-refractivity contribution in [2.45, 2.75) is 0 Å². The Morgan fingerprint density at radius 3 is 2.11 bits per heavy atom. The number of benzene rings is 2. The van der Waals surface area contributed by atoms with E-state index in [2.05, 4.69) is 10.6 Å². The van der Waals surface area contributed by atoms with E-state index in [1.807, 2.05) is 24.3 Å². The van der Waals surface area contributed by atoms with Crippen molar-refractivity contribution < 1.29 is 4.39 Å². The van der Waals surface area contributed by atoms with Gasteiger partial charge in [-0.15, -0.1) is 0 Å². The molecule has 2 aromatic carbocycles. The molecule has 2 rings (SSSR count). The standard InChI is InChI=1S/C13H12FN3S/c14-9-5-1-2-6-10(9)16-11-7-3-4-8-12(11)17-13(15)18/h1-8,16H,(H3,15,17,18). The number of anilines is 3. The minimum atomic E-state index is -0.317. The molecule has 3 nitrogen and oxygen atoms in total. The smallest absolute Gasteiger partial charge is 0.168 e. The Hall–Kier alpha value is -2.14. The Bertz CT molecular complexity index is 572. The number of halogens is 1. The molecule has 0 bridgehead atoms. The van der Waals surface area contributed by atoms with Gasteiger partial charge in [-0.1, -0.05) is 24.3 Å². The number of nitrogens with one attached hydrogen (secondary N) is 2. The first-order valence-electron chi connectivity index (χ1n) is 5.34. The van der Waals surface area contributed by atoms with Crippen LogP contribution in [0.2, 0.25) is 0 Å². The summed E-state index contributed by atoms with van der Waals surface area (Å²) in [6.07, 6.45) is 0. The fraction of sp³-hybridized carbons (Fsp3) is 0. The van der Waals surface area contributed by atoms with E-state index in [1.54, 1.807) is 18.2 Å². The first-order chi connectivity index (χ1) is 8.66. The van der Waals surface area contributed by atoms with Crippen LogP contribution in [0, 0.1) is 5.82 Å². The fourth-order valence-corrected chi connectivity index (χ4v) is 1.65. The van der Waals surface area contributed by atoms with Crippen molar-refractivity contribution in [3.8, 4) is 0 Å². The lowest BCUT2D eigenvalue weighted by Crippen LogP contribution is -2.19. The van der Waals surface area contributed by atoms with Crippen LogP contribution < -0.4 is 16.4 Å². The van der Waals surface area contributed by atoms with Crippen molar-refractivity contribution in [3.63, 3.8) is 0 Å².